The Labute approximate surface area is 66.8 Å². The molecule has 9 heavy (non-hydrogen) atoms. The molecule has 0 aromatic heterocycles. The van der Waals surface area contributed by atoms with Gasteiger partial charge in [0.25, 0.3) is 0 Å². The van der Waals surface area contributed by atoms with Crippen LogP contribution in [0.1, 0.15) is 0 Å². The van der Waals surface area contributed by atoms with Crippen molar-refractivity contribution >= 4 is 0 Å². The van der Waals surface area contributed by atoms with Crippen LogP contribution >= 0.6 is 0 Å². The highest BCUT2D eigenvalue weighted by atomic mass is 35.5. The number of rotatable bonds is 0. The van der Waals surface area contributed by atoms with Gasteiger partial charge in [0.05, 0.1) is 0 Å². The van der Waals surface area contributed by atoms with Gasteiger partial charge in [0.1, 0.15) is 13.1 Å². The number of hydrogen-bond donors (Lipinski definition) is 3. The van der Waals surface area contributed by atoms with Crippen LogP contribution in [0.15, 0.2) is 0 Å². The molecule has 0 saturated carbocycles. The summed E-state index contributed by atoms with van der Waals surface area (Å²) in [5.74, 6) is 0. The molecular formula is C4H12Cl2N2O. The van der Waals surface area contributed by atoms with Gasteiger partial charge in [-0.05, 0) is 0 Å². The van der Waals surface area contributed by atoms with Crippen LogP contribution in [0.5, 0.6) is 0 Å². The predicted octanol–water partition coefficient (Wildman–Crippen LogP) is -9.46. The average Bonchev–Trinajstić information content (AvgIpc) is 1.91. The van der Waals surface area contributed by atoms with E-state index < -0.39 is 0 Å². The maximum absolute atomic E-state index is 8.90. The summed E-state index contributed by atoms with van der Waals surface area (Å²) in [6.45, 7) is 1.83. The largest absolute Gasteiger partial charge is 1.00 e. The molecule has 2 atom stereocenters. The third kappa shape index (κ3) is 3.23. The molecule has 1 aliphatic rings. The minimum absolute atomic E-state index is 0. The Morgan fingerprint density at radius 1 is 1.33 bits per heavy atom. The standard InChI is InChI=1S/C4H10N2O.2ClH/c5-3-1-6-2-4(3)7;;/h3-4,6-7H,1-2,5H2;2*1H. The second kappa shape index (κ2) is 5.26. The molecule has 6 N–H and O–H groups in total. The first-order valence-electron chi connectivity index (χ1n) is 2.63. The first-order valence-corrected chi connectivity index (χ1v) is 2.63. The fourth-order valence-corrected chi connectivity index (χ4v) is 0.831. The summed E-state index contributed by atoms with van der Waals surface area (Å²) >= 11 is 0. The van der Waals surface area contributed by atoms with Crippen LogP contribution in [0.25, 0.3) is 0 Å². The second-order valence-electron chi connectivity index (χ2n) is 2.09. The summed E-state index contributed by atoms with van der Waals surface area (Å²) in [4.78, 5) is 0. The lowest BCUT2D eigenvalue weighted by atomic mass is 10.2. The molecular weight excluding hydrogens is 163 g/mol. The van der Waals surface area contributed by atoms with Crippen molar-refractivity contribution in [2.45, 2.75) is 12.1 Å². The molecule has 0 aliphatic carbocycles. The van der Waals surface area contributed by atoms with Crippen LogP contribution in [-0.2, 0) is 0 Å². The molecule has 0 radical (unpaired) electrons. The van der Waals surface area contributed by atoms with Crippen molar-refractivity contribution < 1.29 is 41.0 Å². The topological polar surface area (TPSA) is 64.5 Å². The third-order valence-electron chi connectivity index (χ3n) is 1.42. The van der Waals surface area contributed by atoms with E-state index >= 15 is 0 Å². The quantitative estimate of drug-likeness (QED) is 0.336. The van der Waals surface area contributed by atoms with E-state index in [-0.39, 0.29) is 37.0 Å². The van der Waals surface area contributed by atoms with Gasteiger partial charge in [-0.25, -0.2) is 0 Å². The zero-order chi connectivity index (χ0) is 5.28. The molecule has 1 saturated heterocycles. The monoisotopic (exact) mass is 174 g/mol. The van der Waals surface area contributed by atoms with Crippen molar-refractivity contribution in [3.63, 3.8) is 0 Å². The van der Waals surface area contributed by atoms with E-state index in [1.165, 1.54) is 0 Å². The molecule has 58 valence electrons. The van der Waals surface area contributed by atoms with Gasteiger partial charge in [-0.3, -0.25) is 0 Å². The van der Waals surface area contributed by atoms with Crippen molar-refractivity contribution in [1.82, 2.24) is 0 Å². The van der Waals surface area contributed by atoms with E-state index in [2.05, 4.69) is 11.1 Å². The van der Waals surface area contributed by atoms with Gasteiger partial charge in [0.2, 0.25) is 0 Å². The molecule has 1 aliphatic heterocycles. The highest BCUT2D eigenvalue weighted by molar-refractivity contribution is 4.65. The molecule has 5 heteroatoms. The number of aliphatic hydroxyl groups excluding tert-OH is 1. The summed E-state index contributed by atoms with van der Waals surface area (Å²) in [6, 6.07) is 0.264. The fraction of sp³-hybridized carbons (Fsp3) is 1.00. The average molecular weight is 175 g/mol. The van der Waals surface area contributed by atoms with E-state index in [0.29, 0.717) is 0 Å². The highest BCUT2D eigenvalue weighted by Crippen LogP contribution is 1.83. The Hall–Kier alpha value is 0.460. The van der Waals surface area contributed by atoms with Crippen LogP contribution in [-0.4, -0.2) is 30.3 Å². The van der Waals surface area contributed by atoms with Crippen LogP contribution in [0.2, 0.25) is 0 Å². The number of halogens is 2. The summed E-state index contributed by atoms with van der Waals surface area (Å²) in [5, 5.41) is 11.0. The Kier molecular flexibility index (Phi) is 7.11. The zero-order valence-corrected chi connectivity index (χ0v) is 6.57. The lowest BCUT2D eigenvalue weighted by Crippen LogP contribution is -3.00. The summed E-state index contributed by atoms with van der Waals surface area (Å²) < 4.78 is 0. The molecule has 1 fully saturated rings. The van der Waals surface area contributed by atoms with Crippen molar-refractivity contribution in [3.8, 4) is 0 Å². The molecule has 0 aromatic carbocycles. The van der Waals surface area contributed by atoms with Crippen LogP contribution in [0, 0.1) is 0 Å². The normalized spacial score (nSPS) is 32.7. The Morgan fingerprint density at radius 2 is 1.89 bits per heavy atom. The van der Waals surface area contributed by atoms with E-state index in [1.807, 2.05) is 0 Å². The SMILES string of the molecule is [Cl-].[Cl-].[NH3+]C1C[NH2+]CC1O. The number of hydrogen-bond acceptors (Lipinski definition) is 1. The number of nitrogens with two attached hydrogens (primary N) is 1. The third-order valence-corrected chi connectivity index (χ3v) is 1.42. The Balaban J connectivity index is 0. The van der Waals surface area contributed by atoms with Crippen LogP contribution in [0.3, 0.4) is 0 Å². The summed E-state index contributed by atoms with van der Waals surface area (Å²) in [6.07, 6.45) is -0.153. The van der Waals surface area contributed by atoms with Crippen LogP contribution in [0.4, 0.5) is 0 Å². The second-order valence-corrected chi connectivity index (χ2v) is 2.09. The van der Waals surface area contributed by atoms with Gasteiger partial charge in [0, 0.05) is 0 Å². The van der Waals surface area contributed by atoms with E-state index in [9.17, 15) is 0 Å². The highest BCUT2D eigenvalue weighted by Gasteiger charge is 2.27. The molecule has 0 spiro atoms. The predicted molar refractivity (Wildman–Crippen MR) is 24.3 cm³/mol. The minimum Gasteiger partial charge on any atom is -1.00 e. The molecule has 1 heterocycles. The van der Waals surface area contributed by atoms with Gasteiger partial charge >= 0.3 is 0 Å². The van der Waals surface area contributed by atoms with Crippen LogP contribution < -0.4 is 35.9 Å². The van der Waals surface area contributed by atoms with Crippen molar-refractivity contribution in [3.05, 3.63) is 0 Å². The van der Waals surface area contributed by atoms with E-state index in [0.717, 1.165) is 13.1 Å². The minimum atomic E-state index is -0.153. The smallest absolute Gasteiger partial charge is 0.166 e. The number of aliphatic hydroxyl groups is 1. The Bertz CT molecular complexity index is 65.6. The maximum Gasteiger partial charge on any atom is 0.166 e. The molecule has 0 aromatic rings. The molecule has 0 amide bonds. The van der Waals surface area contributed by atoms with Gasteiger partial charge < -0.3 is 41.0 Å². The van der Waals surface area contributed by atoms with Crippen molar-refractivity contribution in [2.75, 3.05) is 13.1 Å². The zero-order valence-electron chi connectivity index (χ0n) is 5.06. The lowest BCUT2D eigenvalue weighted by Gasteiger charge is -1.95. The first-order chi connectivity index (χ1) is 3.30. The van der Waals surface area contributed by atoms with E-state index in [1.54, 1.807) is 0 Å². The van der Waals surface area contributed by atoms with Gasteiger partial charge in [-0.1, -0.05) is 0 Å². The fourth-order valence-electron chi connectivity index (χ4n) is 0.831. The number of quaternary nitrogens is 2. The molecule has 1 rings (SSSR count). The van der Waals surface area contributed by atoms with E-state index in [4.69, 9.17) is 5.11 Å². The first kappa shape index (κ1) is 12.2. The lowest BCUT2D eigenvalue weighted by molar-refractivity contribution is -0.649. The van der Waals surface area contributed by atoms with Crippen molar-refractivity contribution in [2.24, 2.45) is 0 Å². The Morgan fingerprint density at radius 3 is 2.00 bits per heavy atom. The maximum atomic E-state index is 8.90. The molecule has 2 unspecified atom stereocenters. The van der Waals surface area contributed by atoms with Gasteiger partial charge in [-0.15, -0.1) is 0 Å². The van der Waals surface area contributed by atoms with Gasteiger partial charge in [0.15, 0.2) is 12.1 Å². The summed E-state index contributed by atoms with van der Waals surface area (Å²) in [7, 11) is 0. The van der Waals surface area contributed by atoms with Crippen molar-refractivity contribution in [1.29, 1.82) is 0 Å². The van der Waals surface area contributed by atoms with Gasteiger partial charge in [-0.2, -0.15) is 0 Å². The molecule has 3 nitrogen and oxygen atoms in total. The molecule has 0 bridgehead atoms. The summed E-state index contributed by atoms with van der Waals surface area (Å²) in [5.41, 5.74) is 3.74.